The first kappa shape index (κ1) is 32.2. The molecule has 3 aromatic rings. The zero-order chi connectivity index (χ0) is 31.9. The van der Waals surface area contributed by atoms with Gasteiger partial charge in [0.15, 0.2) is 35.0 Å². The summed E-state index contributed by atoms with van der Waals surface area (Å²) in [6.07, 6.45) is -0.338. The summed E-state index contributed by atoms with van der Waals surface area (Å²) in [5.41, 5.74) is -2.22. The van der Waals surface area contributed by atoms with Crippen molar-refractivity contribution >= 4 is 30.7 Å². The lowest BCUT2D eigenvalue weighted by Gasteiger charge is -2.28. The van der Waals surface area contributed by atoms with E-state index in [1.807, 2.05) is 0 Å². The van der Waals surface area contributed by atoms with Crippen molar-refractivity contribution in [2.24, 2.45) is 0 Å². The number of halogens is 2. The molecule has 240 valence electrons. The van der Waals surface area contributed by atoms with Gasteiger partial charge in [0.1, 0.15) is 24.2 Å². The molecule has 5 rings (SSSR count). The second-order valence-corrected chi connectivity index (χ2v) is 13.2. The molecule has 1 unspecified atom stereocenters. The summed E-state index contributed by atoms with van der Waals surface area (Å²) in [6, 6.07) is 6.85. The zero-order valence-electron chi connectivity index (χ0n) is 25.1. The Bertz CT molecular complexity index is 1540. The molecule has 2 aliphatic rings. The molecule has 0 radical (unpaired) electrons. The van der Waals surface area contributed by atoms with Gasteiger partial charge in [-0.1, -0.05) is 18.2 Å². The smallest absolute Gasteiger partial charge is 0.459 e. The number of aliphatic hydroxyl groups excluding tert-OH is 1. The van der Waals surface area contributed by atoms with E-state index in [4.69, 9.17) is 18.5 Å². The molecule has 2 fully saturated rings. The van der Waals surface area contributed by atoms with Gasteiger partial charge in [0, 0.05) is 6.04 Å². The van der Waals surface area contributed by atoms with Crippen LogP contribution in [-0.2, 0) is 23.4 Å². The number of anilines is 1. The van der Waals surface area contributed by atoms with E-state index in [0.717, 1.165) is 26.2 Å². The molecule has 1 aliphatic heterocycles. The maximum absolute atomic E-state index is 16.4. The molecule has 1 aromatic carbocycles. The monoisotopic (exact) mass is 638 g/mol. The highest BCUT2D eigenvalue weighted by Crippen LogP contribution is 2.52. The highest BCUT2D eigenvalue weighted by molar-refractivity contribution is 7.52. The van der Waals surface area contributed by atoms with Gasteiger partial charge in [-0.25, -0.2) is 28.3 Å². The number of ether oxygens (including phenoxy) is 2. The molecule has 16 heteroatoms. The van der Waals surface area contributed by atoms with Crippen LogP contribution < -0.4 is 14.9 Å². The van der Waals surface area contributed by atoms with Crippen molar-refractivity contribution in [2.75, 3.05) is 11.9 Å². The van der Waals surface area contributed by atoms with Crippen LogP contribution in [0.15, 0.2) is 36.7 Å². The summed E-state index contributed by atoms with van der Waals surface area (Å²) in [5, 5.41) is 16.6. The average Bonchev–Trinajstić information content (AvgIpc) is 3.42. The zero-order valence-corrected chi connectivity index (χ0v) is 26.0. The summed E-state index contributed by atoms with van der Waals surface area (Å²) in [6.45, 7) is 6.03. The fourth-order valence-electron chi connectivity index (χ4n) is 4.91. The molecule has 44 heavy (non-hydrogen) atoms. The molecule has 3 heterocycles. The number of benzene rings is 1. The first-order valence-corrected chi connectivity index (χ1v) is 15.9. The van der Waals surface area contributed by atoms with Crippen LogP contribution in [0.2, 0.25) is 0 Å². The van der Waals surface area contributed by atoms with Crippen LogP contribution in [0.1, 0.15) is 59.0 Å². The SMILES string of the molecule is Cc1nc(NC2CCC2)c2ncn([C@@H]3O[C@](F)(COP(=O)(N[C@@H](C)C(=O)OC(C)C)Oc4ccccc4)[C@@H](O)[C@@]3(C)F)c2n1. The number of alkyl halides is 2. The Hall–Kier alpha value is -3.23. The van der Waals surface area contributed by atoms with Gasteiger partial charge in [0.05, 0.1) is 12.4 Å². The Morgan fingerprint density at radius 2 is 1.93 bits per heavy atom. The molecular formula is C28H37F2N6O7P. The third kappa shape index (κ3) is 6.57. The second-order valence-electron chi connectivity index (χ2n) is 11.5. The van der Waals surface area contributed by atoms with E-state index in [9.17, 15) is 14.5 Å². The normalized spacial score (nSPS) is 27.6. The maximum Gasteiger partial charge on any atom is 0.459 e. The highest BCUT2D eigenvalue weighted by atomic mass is 31.2. The Morgan fingerprint density at radius 1 is 1.23 bits per heavy atom. The van der Waals surface area contributed by atoms with E-state index in [2.05, 4.69) is 25.4 Å². The fraction of sp³-hybridized carbons (Fsp3) is 0.571. The predicted octanol–water partition coefficient (Wildman–Crippen LogP) is 4.52. The lowest BCUT2D eigenvalue weighted by molar-refractivity contribution is -0.202. The molecule has 2 aromatic heterocycles. The predicted molar refractivity (Wildman–Crippen MR) is 155 cm³/mol. The van der Waals surface area contributed by atoms with Crippen molar-refractivity contribution in [3.63, 3.8) is 0 Å². The molecule has 0 amide bonds. The van der Waals surface area contributed by atoms with Crippen LogP contribution in [0.5, 0.6) is 5.75 Å². The van der Waals surface area contributed by atoms with Crippen LogP contribution in [0.25, 0.3) is 11.2 Å². The second kappa shape index (κ2) is 12.3. The number of imidazole rings is 1. The number of fused-ring (bicyclic) bond motifs is 1. The summed E-state index contributed by atoms with van der Waals surface area (Å²) in [7, 11) is -4.55. The van der Waals surface area contributed by atoms with Crippen molar-refractivity contribution in [1.29, 1.82) is 0 Å². The Morgan fingerprint density at radius 3 is 2.57 bits per heavy atom. The number of nitrogens with zero attached hydrogens (tertiary/aromatic N) is 4. The number of esters is 1. The number of nitrogens with one attached hydrogen (secondary N) is 2. The van der Waals surface area contributed by atoms with Gasteiger partial charge >= 0.3 is 13.7 Å². The van der Waals surface area contributed by atoms with E-state index < -0.39 is 56.3 Å². The fourth-order valence-corrected chi connectivity index (χ4v) is 6.42. The Kier molecular flexibility index (Phi) is 8.98. The molecule has 1 aliphatic carbocycles. The minimum atomic E-state index is -4.55. The molecule has 0 bridgehead atoms. The third-order valence-electron chi connectivity index (χ3n) is 7.42. The Labute approximate surface area is 253 Å². The summed E-state index contributed by atoms with van der Waals surface area (Å²) < 4.78 is 69.1. The number of carbonyl (C=O) groups is 1. The molecule has 1 saturated heterocycles. The standard InChI is InChI=1S/C28H37F2N6O7P/c1-16(2)41-24(37)17(3)35-44(39,43-20-12-7-6-8-13-20)40-14-28(30)25(38)27(5,29)26(42-28)36-15-31-21-22(34-19-10-9-11-19)32-18(4)33-23(21)36/h6-8,12-13,15-17,19,25-26,38H,9-11,14H2,1-5H3,(H,35,39)(H,32,33,34)/t17-,25-,26+,27+,28+,44?/m0/s1. The van der Waals surface area contributed by atoms with Crippen molar-refractivity contribution in [1.82, 2.24) is 24.6 Å². The van der Waals surface area contributed by atoms with Gasteiger partial charge in [-0.3, -0.25) is 13.9 Å². The number of carbonyl (C=O) groups excluding carboxylic acids is 1. The van der Waals surface area contributed by atoms with Gasteiger partial charge < -0.3 is 24.4 Å². The van der Waals surface area contributed by atoms with Crippen LogP contribution in [0.3, 0.4) is 0 Å². The van der Waals surface area contributed by atoms with Crippen molar-refractivity contribution in [2.45, 2.75) is 95.9 Å². The van der Waals surface area contributed by atoms with Crippen molar-refractivity contribution < 1.29 is 41.8 Å². The Balaban J connectivity index is 1.39. The minimum Gasteiger partial charge on any atom is -0.462 e. The molecule has 1 saturated carbocycles. The summed E-state index contributed by atoms with van der Waals surface area (Å²) in [5.74, 6) is -3.07. The van der Waals surface area contributed by atoms with Crippen LogP contribution >= 0.6 is 7.75 Å². The number of para-hydroxylation sites is 1. The number of aryl methyl sites for hydroxylation is 1. The largest absolute Gasteiger partial charge is 0.462 e. The minimum absolute atomic E-state index is 0.0769. The van der Waals surface area contributed by atoms with Crippen molar-refractivity contribution in [3.8, 4) is 5.75 Å². The molecular weight excluding hydrogens is 601 g/mol. The van der Waals surface area contributed by atoms with Crippen molar-refractivity contribution in [3.05, 3.63) is 42.5 Å². The number of rotatable bonds is 12. The lowest BCUT2D eigenvalue weighted by atomic mass is 9.93. The lowest BCUT2D eigenvalue weighted by Crippen LogP contribution is -2.47. The van der Waals surface area contributed by atoms with Gasteiger partial charge in [-0.2, -0.15) is 5.09 Å². The van der Waals surface area contributed by atoms with Gasteiger partial charge in [-0.05, 0) is 66.0 Å². The molecule has 0 spiro atoms. The maximum atomic E-state index is 16.4. The summed E-state index contributed by atoms with van der Waals surface area (Å²) in [4.78, 5) is 25.6. The van der Waals surface area contributed by atoms with E-state index in [0.29, 0.717) is 17.2 Å². The van der Waals surface area contributed by atoms with Crippen LogP contribution in [0, 0.1) is 6.92 Å². The average molecular weight is 639 g/mol. The molecule has 13 nitrogen and oxygen atoms in total. The van der Waals surface area contributed by atoms with Crippen LogP contribution in [0.4, 0.5) is 14.6 Å². The van der Waals surface area contributed by atoms with E-state index >= 15 is 8.78 Å². The first-order valence-electron chi connectivity index (χ1n) is 14.4. The van der Waals surface area contributed by atoms with Gasteiger partial charge in [-0.15, -0.1) is 0 Å². The first-order chi connectivity index (χ1) is 20.7. The topological polar surface area (TPSA) is 159 Å². The number of hydrogen-bond donors (Lipinski definition) is 3. The van der Waals surface area contributed by atoms with Crippen LogP contribution in [-0.4, -0.2) is 73.0 Å². The van der Waals surface area contributed by atoms with Gasteiger partial charge in [0.25, 0.3) is 5.85 Å². The molecule has 3 N–H and O–H groups in total. The quantitative estimate of drug-likeness (QED) is 0.188. The number of aromatic nitrogens is 4. The molecule has 6 atom stereocenters. The highest BCUT2D eigenvalue weighted by Gasteiger charge is 2.65. The summed E-state index contributed by atoms with van der Waals surface area (Å²) >= 11 is 0. The van der Waals surface area contributed by atoms with E-state index in [1.165, 1.54) is 30.0 Å². The third-order valence-corrected chi connectivity index (χ3v) is 9.05. The number of hydrogen-bond acceptors (Lipinski definition) is 11. The number of aliphatic hydroxyl groups is 1. The van der Waals surface area contributed by atoms with E-state index in [-0.39, 0.29) is 17.4 Å². The van der Waals surface area contributed by atoms with E-state index in [1.54, 1.807) is 39.0 Å². The van der Waals surface area contributed by atoms with Gasteiger partial charge in [0.2, 0.25) is 0 Å².